The van der Waals surface area contributed by atoms with Crippen molar-refractivity contribution >= 4 is 30.9 Å². The quantitative estimate of drug-likeness (QED) is 0.310. The molecule has 1 unspecified atom stereocenters. The van der Waals surface area contributed by atoms with Crippen LogP contribution < -0.4 is 14.2 Å². The van der Waals surface area contributed by atoms with Gasteiger partial charge in [0.05, 0.1) is 17.6 Å². The molecule has 0 N–H and O–H groups in total. The third-order valence-corrected chi connectivity index (χ3v) is 4.08. The molecule has 122 valence electrons. The molecule has 0 fully saturated rings. The molecule has 0 aliphatic carbocycles. The summed E-state index contributed by atoms with van der Waals surface area (Å²) in [5.41, 5.74) is -0.105. The Labute approximate surface area is 140 Å². The lowest BCUT2D eigenvalue weighted by atomic mass is 10.1. The Morgan fingerprint density at radius 3 is 2.68 bits per heavy atom. The van der Waals surface area contributed by atoms with Crippen LogP contribution in [-0.2, 0) is 0 Å². The molecule has 1 aliphatic heterocycles. The number of hydrogen-bond acceptors (Lipinski definition) is 7. The van der Waals surface area contributed by atoms with Crippen LogP contribution in [0, 0.1) is 10.1 Å². The van der Waals surface area contributed by atoms with Crippen molar-refractivity contribution < 1.29 is 19.1 Å². The van der Waals surface area contributed by atoms with Crippen molar-refractivity contribution in [3.63, 3.8) is 0 Å². The molecule has 0 saturated heterocycles. The van der Waals surface area contributed by atoms with Crippen LogP contribution in [0.15, 0.2) is 12.1 Å². The molecule has 0 saturated carbocycles. The van der Waals surface area contributed by atoms with Crippen LogP contribution in [-0.4, -0.2) is 29.3 Å². The van der Waals surface area contributed by atoms with Gasteiger partial charge in [0, 0.05) is 11.3 Å². The van der Waals surface area contributed by atoms with Crippen LogP contribution in [0.5, 0.6) is 17.2 Å². The zero-order valence-electron chi connectivity index (χ0n) is 12.1. The van der Waals surface area contributed by atoms with Crippen LogP contribution in [0.2, 0.25) is 0 Å². The van der Waals surface area contributed by atoms with Gasteiger partial charge in [-0.1, -0.05) is 0 Å². The van der Waals surface area contributed by atoms with Gasteiger partial charge >= 0.3 is 5.69 Å². The van der Waals surface area contributed by atoms with E-state index in [1.54, 1.807) is 0 Å². The molecule has 1 heterocycles. The summed E-state index contributed by atoms with van der Waals surface area (Å²) in [6, 6.07) is 2.86. The summed E-state index contributed by atoms with van der Waals surface area (Å²) in [5, 5.41) is 11.4. The molecule has 2 rings (SSSR count). The zero-order valence-corrected chi connectivity index (χ0v) is 13.9. The number of rotatable bonds is 9. The predicted octanol–water partition coefficient (Wildman–Crippen LogP) is 3.49. The molecule has 0 bridgehead atoms. The Morgan fingerprint density at radius 1 is 1.27 bits per heavy atom. The van der Waals surface area contributed by atoms with E-state index in [1.807, 2.05) is 0 Å². The van der Waals surface area contributed by atoms with E-state index in [-0.39, 0.29) is 18.2 Å². The minimum atomic E-state index is -0.478. The third kappa shape index (κ3) is 4.61. The fraction of sp³-hybridized carbons (Fsp3) is 0.571. The molecule has 1 aliphatic rings. The first-order chi connectivity index (χ1) is 10.6. The second kappa shape index (κ2) is 8.38. The third-order valence-electron chi connectivity index (χ3n) is 3.30. The molecule has 1 aromatic rings. The summed E-state index contributed by atoms with van der Waals surface area (Å²) in [6.07, 6.45) is 3.73. The van der Waals surface area contributed by atoms with Crippen LogP contribution in [0.4, 0.5) is 5.69 Å². The maximum atomic E-state index is 11.1. The maximum absolute atomic E-state index is 11.1. The smallest absolute Gasteiger partial charge is 0.314 e. The summed E-state index contributed by atoms with van der Waals surface area (Å²) >= 11 is 8.63. The van der Waals surface area contributed by atoms with Gasteiger partial charge in [0.2, 0.25) is 12.5 Å². The van der Waals surface area contributed by atoms with Gasteiger partial charge < -0.3 is 14.2 Å². The Kier molecular flexibility index (Phi) is 6.50. The number of hydrogen-bond donors (Lipinski definition) is 2. The number of benzene rings is 1. The monoisotopic (exact) mass is 345 g/mol. The van der Waals surface area contributed by atoms with Gasteiger partial charge in [0.15, 0.2) is 11.5 Å². The van der Waals surface area contributed by atoms with E-state index >= 15 is 0 Å². The van der Waals surface area contributed by atoms with Crippen molar-refractivity contribution in [1.82, 2.24) is 0 Å². The van der Waals surface area contributed by atoms with Gasteiger partial charge in [-0.05, 0) is 31.4 Å². The summed E-state index contributed by atoms with van der Waals surface area (Å²) in [4.78, 5) is 10.6. The van der Waals surface area contributed by atoms with E-state index in [2.05, 4.69) is 25.3 Å². The average molecular weight is 345 g/mol. The Bertz CT molecular complexity index is 526. The molecular weight excluding hydrogens is 326 g/mol. The van der Waals surface area contributed by atoms with Crippen LogP contribution >= 0.6 is 25.3 Å². The lowest BCUT2D eigenvalue weighted by Gasteiger charge is -2.10. The highest BCUT2D eigenvalue weighted by molar-refractivity contribution is 7.81. The summed E-state index contributed by atoms with van der Waals surface area (Å²) in [5.74, 6) is 1.90. The van der Waals surface area contributed by atoms with E-state index in [4.69, 9.17) is 14.2 Å². The van der Waals surface area contributed by atoms with Crippen LogP contribution in [0.25, 0.3) is 0 Å². The van der Waals surface area contributed by atoms with Gasteiger partial charge in [0.1, 0.15) is 0 Å². The number of ether oxygens (including phenoxy) is 3. The molecule has 1 aromatic carbocycles. The zero-order chi connectivity index (χ0) is 15.9. The van der Waals surface area contributed by atoms with Gasteiger partial charge in [-0.15, -0.1) is 0 Å². The Hall–Kier alpha value is -1.28. The molecule has 6 nitrogen and oxygen atoms in total. The van der Waals surface area contributed by atoms with Crippen molar-refractivity contribution in [2.45, 2.75) is 30.9 Å². The number of thiol groups is 2. The topological polar surface area (TPSA) is 70.8 Å². The lowest BCUT2D eigenvalue weighted by Crippen LogP contribution is -2.03. The minimum absolute atomic E-state index is 0.0738. The number of nitro benzene ring substituents is 1. The van der Waals surface area contributed by atoms with E-state index in [0.717, 1.165) is 31.4 Å². The van der Waals surface area contributed by atoms with Gasteiger partial charge in [-0.3, -0.25) is 10.1 Å². The second-order valence-corrected chi connectivity index (χ2v) is 6.12. The minimum Gasteiger partial charge on any atom is -0.487 e. The molecular formula is C14H19NO5S2. The summed E-state index contributed by atoms with van der Waals surface area (Å²) < 4.78 is 15.9. The number of unbranched alkanes of at least 4 members (excludes halogenated alkanes) is 1. The Balaban J connectivity index is 1.86. The number of nitrogens with zero attached hydrogens (tertiary/aromatic N) is 1. The fourth-order valence-corrected chi connectivity index (χ4v) is 2.96. The van der Waals surface area contributed by atoms with Crippen LogP contribution in [0.3, 0.4) is 0 Å². The van der Waals surface area contributed by atoms with Crippen molar-refractivity contribution in [2.24, 2.45) is 0 Å². The molecule has 0 aromatic heterocycles. The predicted molar refractivity (Wildman–Crippen MR) is 89.8 cm³/mol. The SMILES string of the molecule is O=[N+]([O-])c1cc2c(cc1OCCCCC(S)CCS)OCO2. The normalized spacial score (nSPS) is 13.9. The van der Waals surface area contributed by atoms with E-state index in [1.165, 1.54) is 12.1 Å². The largest absolute Gasteiger partial charge is 0.487 e. The number of nitro groups is 1. The molecule has 8 heteroatoms. The van der Waals surface area contributed by atoms with Gasteiger partial charge in [-0.2, -0.15) is 25.3 Å². The van der Waals surface area contributed by atoms with Crippen molar-refractivity contribution in [2.75, 3.05) is 19.2 Å². The molecule has 1 atom stereocenters. The Morgan fingerprint density at radius 2 is 2.00 bits per heavy atom. The first kappa shape index (κ1) is 17.1. The highest BCUT2D eigenvalue weighted by Crippen LogP contribution is 2.41. The summed E-state index contributed by atoms with van der Waals surface area (Å²) in [7, 11) is 0. The molecule has 0 spiro atoms. The van der Waals surface area contributed by atoms with E-state index in [9.17, 15) is 10.1 Å². The highest BCUT2D eigenvalue weighted by atomic mass is 32.1. The average Bonchev–Trinajstić information content (AvgIpc) is 2.93. The van der Waals surface area contributed by atoms with Crippen molar-refractivity contribution in [3.8, 4) is 17.2 Å². The van der Waals surface area contributed by atoms with Crippen molar-refractivity contribution in [3.05, 3.63) is 22.2 Å². The van der Waals surface area contributed by atoms with Crippen LogP contribution in [0.1, 0.15) is 25.7 Å². The fourth-order valence-electron chi connectivity index (χ4n) is 2.13. The second-order valence-electron chi connectivity index (χ2n) is 4.94. The molecule has 0 amide bonds. The standard InChI is InChI=1S/C14H19NO5S2/c16-15(17)11-7-13-14(20-9-19-13)8-12(11)18-5-2-1-3-10(22)4-6-21/h7-8,10,21-22H,1-6,9H2. The summed E-state index contributed by atoms with van der Waals surface area (Å²) in [6.45, 7) is 0.492. The molecule has 0 radical (unpaired) electrons. The van der Waals surface area contributed by atoms with E-state index < -0.39 is 4.92 Å². The first-order valence-corrected chi connectivity index (χ1v) is 8.26. The number of fused-ring (bicyclic) bond motifs is 1. The maximum Gasteiger partial charge on any atom is 0.314 e. The molecule has 22 heavy (non-hydrogen) atoms. The van der Waals surface area contributed by atoms with E-state index in [0.29, 0.717) is 23.4 Å². The highest BCUT2D eigenvalue weighted by Gasteiger charge is 2.24. The van der Waals surface area contributed by atoms with Gasteiger partial charge in [0.25, 0.3) is 0 Å². The van der Waals surface area contributed by atoms with Gasteiger partial charge in [-0.25, -0.2) is 0 Å². The lowest BCUT2D eigenvalue weighted by molar-refractivity contribution is -0.385. The first-order valence-electron chi connectivity index (χ1n) is 7.11. The van der Waals surface area contributed by atoms with Crippen molar-refractivity contribution in [1.29, 1.82) is 0 Å².